The second-order valence-electron chi connectivity index (χ2n) is 5.20. The van der Waals surface area contributed by atoms with Crippen molar-refractivity contribution in [1.29, 1.82) is 0 Å². The van der Waals surface area contributed by atoms with Gasteiger partial charge in [0.1, 0.15) is 0 Å². The first-order valence-electron chi connectivity index (χ1n) is 7.57. The largest absolute Gasteiger partial charge is 0.490 e. The number of hydrogen-bond donors (Lipinski definition) is 1. The highest BCUT2D eigenvalue weighted by Crippen LogP contribution is 2.33. The summed E-state index contributed by atoms with van der Waals surface area (Å²) in [6.45, 7) is 4.34. The van der Waals surface area contributed by atoms with Crippen LogP contribution in [0.15, 0.2) is 42.5 Å². The highest BCUT2D eigenvalue weighted by atomic mass is 16.5. The molecule has 3 nitrogen and oxygen atoms in total. The molecule has 0 bridgehead atoms. The Hall–Kier alpha value is -2.16. The minimum absolute atomic E-state index is 0.717. The zero-order valence-electron chi connectivity index (χ0n) is 12.4. The van der Waals surface area contributed by atoms with E-state index in [1.54, 1.807) is 0 Å². The molecule has 0 fully saturated rings. The number of aryl methyl sites for hydroxylation is 1. The van der Waals surface area contributed by atoms with Crippen LogP contribution in [0.25, 0.3) is 0 Å². The lowest BCUT2D eigenvalue weighted by atomic mass is 10.1. The van der Waals surface area contributed by atoms with Crippen LogP contribution >= 0.6 is 0 Å². The molecular formula is C18H21NO2. The molecule has 1 aliphatic rings. The Morgan fingerprint density at radius 3 is 2.62 bits per heavy atom. The highest BCUT2D eigenvalue weighted by Gasteiger charge is 2.13. The molecule has 0 aromatic heterocycles. The summed E-state index contributed by atoms with van der Waals surface area (Å²) in [6.07, 6.45) is 2.00. The highest BCUT2D eigenvalue weighted by molar-refractivity contribution is 5.50. The zero-order chi connectivity index (χ0) is 14.5. The molecular weight excluding hydrogens is 262 g/mol. The van der Waals surface area contributed by atoms with Crippen LogP contribution < -0.4 is 14.8 Å². The molecule has 0 amide bonds. The smallest absolute Gasteiger partial charge is 0.166 e. The van der Waals surface area contributed by atoms with Gasteiger partial charge in [0.2, 0.25) is 0 Å². The lowest BCUT2D eigenvalue weighted by Crippen LogP contribution is -2.03. The predicted octanol–water partition coefficient (Wildman–Crippen LogP) is 4.02. The first-order valence-corrected chi connectivity index (χ1v) is 7.57. The summed E-state index contributed by atoms with van der Waals surface area (Å²) in [5, 5.41) is 3.45. The van der Waals surface area contributed by atoms with Crippen molar-refractivity contribution in [2.24, 2.45) is 0 Å². The molecule has 0 atom stereocenters. The maximum atomic E-state index is 5.84. The molecule has 0 saturated carbocycles. The number of rotatable bonds is 4. The Balaban J connectivity index is 1.72. The van der Waals surface area contributed by atoms with Gasteiger partial charge in [-0.3, -0.25) is 0 Å². The molecule has 0 saturated heterocycles. The summed E-state index contributed by atoms with van der Waals surface area (Å²) in [5.74, 6) is 1.74. The fourth-order valence-corrected chi connectivity index (χ4v) is 2.45. The van der Waals surface area contributed by atoms with Crippen molar-refractivity contribution in [3.05, 3.63) is 53.6 Å². The Labute approximate surface area is 125 Å². The van der Waals surface area contributed by atoms with Gasteiger partial charge in [0, 0.05) is 24.2 Å². The predicted molar refractivity (Wildman–Crippen MR) is 85.2 cm³/mol. The van der Waals surface area contributed by atoms with Gasteiger partial charge in [-0.25, -0.2) is 0 Å². The maximum absolute atomic E-state index is 5.84. The van der Waals surface area contributed by atoms with E-state index in [0.29, 0.717) is 0 Å². The molecule has 110 valence electrons. The van der Waals surface area contributed by atoms with E-state index < -0.39 is 0 Å². The number of anilines is 1. The Morgan fingerprint density at radius 2 is 1.81 bits per heavy atom. The number of para-hydroxylation sites is 1. The van der Waals surface area contributed by atoms with Crippen molar-refractivity contribution >= 4 is 5.69 Å². The molecule has 21 heavy (non-hydrogen) atoms. The van der Waals surface area contributed by atoms with Crippen LogP contribution in [-0.4, -0.2) is 13.2 Å². The average Bonchev–Trinajstić information content (AvgIpc) is 2.79. The first kappa shape index (κ1) is 13.8. The number of ether oxygens (including phenoxy) is 2. The van der Waals surface area contributed by atoms with E-state index in [1.807, 2.05) is 12.1 Å². The van der Waals surface area contributed by atoms with E-state index >= 15 is 0 Å². The SMILES string of the molecule is CCc1ccc(NCc2cccc3c2OCCCO3)cc1. The third-order valence-corrected chi connectivity index (χ3v) is 3.70. The van der Waals surface area contributed by atoms with E-state index in [2.05, 4.69) is 42.6 Å². The molecule has 0 unspecified atom stereocenters. The molecule has 2 aromatic rings. The number of fused-ring (bicyclic) bond motifs is 1. The van der Waals surface area contributed by atoms with Gasteiger partial charge in [-0.2, -0.15) is 0 Å². The standard InChI is InChI=1S/C18H21NO2/c1-2-14-7-9-16(10-8-14)19-13-15-5-3-6-17-18(15)21-12-4-11-20-17/h3,5-10,19H,2,4,11-13H2,1H3. The van der Waals surface area contributed by atoms with Crippen molar-refractivity contribution < 1.29 is 9.47 Å². The van der Waals surface area contributed by atoms with Crippen LogP contribution in [0.5, 0.6) is 11.5 Å². The van der Waals surface area contributed by atoms with E-state index in [4.69, 9.17) is 9.47 Å². The van der Waals surface area contributed by atoms with Crippen LogP contribution in [0.3, 0.4) is 0 Å². The van der Waals surface area contributed by atoms with Gasteiger partial charge in [0.25, 0.3) is 0 Å². The number of hydrogen-bond acceptors (Lipinski definition) is 3. The molecule has 1 heterocycles. The quantitative estimate of drug-likeness (QED) is 0.919. The topological polar surface area (TPSA) is 30.5 Å². The summed E-state index contributed by atoms with van der Waals surface area (Å²) < 4.78 is 11.6. The van der Waals surface area contributed by atoms with Gasteiger partial charge in [0.05, 0.1) is 13.2 Å². The van der Waals surface area contributed by atoms with Crippen LogP contribution in [0.2, 0.25) is 0 Å². The van der Waals surface area contributed by atoms with Gasteiger partial charge in [-0.05, 0) is 30.2 Å². The molecule has 2 aromatic carbocycles. The summed E-state index contributed by atoms with van der Waals surface area (Å²) in [5.41, 5.74) is 3.61. The fourth-order valence-electron chi connectivity index (χ4n) is 2.45. The van der Waals surface area contributed by atoms with Gasteiger partial charge >= 0.3 is 0 Å². The third kappa shape index (κ3) is 3.30. The average molecular weight is 283 g/mol. The molecule has 0 spiro atoms. The van der Waals surface area contributed by atoms with E-state index in [1.165, 1.54) is 5.56 Å². The van der Waals surface area contributed by atoms with E-state index in [-0.39, 0.29) is 0 Å². The normalized spacial score (nSPS) is 13.6. The minimum Gasteiger partial charge on any atom is -0.490 e. The number of nitrogens with one attached hydrogen (secondary N) is 1. The second kappa shape index (κ2) is 6.53. The summed E-state index contributed by atoms with van der Waals surface area (Å²) >= 11 is 0. The molecule has 0 aliphatic carbocycles. The van der Waals surface area contributed by atoms with E-state index in [9.17, 15) is 0 Å². The first-order chi connectivity index (χ1) is 10.4. The zero-order valence-corrected chi connectivity index (χ0v) is 12.4. The molecule has 0 radical (unpaired) electrons. The minimum atomic E-state index is 0.717. The van der Waals surface area contributed by atoms with Gasteiger partial charge in [-0.1, -0.05) is 31.2 Å². The molecule has 1 aliphatic heterocycles. The van der Waals surface area contributed by atoms with Crippen molar-refractivity contribution in [2.45, 2.75) is 26.3 Å². The Morgan fingerprint density at radius 1 is 1.00 bits per heavy atom. The van der Waals surface area contributed by atoms with E-state index in [0.717, 1.165) is 55.4 Å². The molecule has 3 rings (SSSR count). The Bertz CT molecular complexity index is 593. The fraction of sp³-hybridized carbons (Fsp3) is 0.333. The lowest BCUT2D eigenvalue weighted by Gasteiger charge is -2.13. The molecule has 1 N–H and O–H groups in total. The van der Waals surface area contributed by atoms with Crippen molar-refractivity contribution in [1.82, 2.24) is 0 Å². The Kier molecular flexibility index (Phi) is 4.29. The lowest BCUT2D eigenvalue weighted by molar-refractivity contribution is 0.296. The third-order valence-electron chi connectivity index (χ3n) is 3.70. The van der Waals surface area contributed by atoms with Crippen LogP contribution in [0, 0.1) is 0 Å². The van der Waals surface area contributed by atoms with Gasteiger partial charge in [-0.15, -0.1) is 0 Å². The summed E-state index contributed by atoms with van der Waals surface area (Å²) in [7, 11) is 0. The maximum Gasteiger partial charge on any atom is 0.166 e. The van der Waals surface area contributed by atoms with Crippen molar-refractivity contribution in [3.63, 3.8) is 0 Å². The van der Waals surface area contributed by atoms with Gasteiger partial charge < -0.3 is 14.8 Å². The molecule has 3 heteroatoms. The summed E-state index contributed by atoms with van der Waals surface area (Å²) in [6, 6.07) is 14.6. The van der Waals surface area contributed by atoms with Crippen molar-refractivity contribution in [3.8, 4) is 11.5 Å². The van der Waals surface area contributed by atoms with Crippen LogP contribution in [-0.2, 0) is 13.0 Å². The van der Waals surface area contributed by atoms with Crippen LogP contribution in [0.4, 0.5) is 5.69 Å². The van der Waals surface area contributed by atoms with Gasteiger partial charge in [0.15, 0.2) is 11.5 Å². The monoisotopic (exact) mass is 283 g/mol. The summed E-state index contributed by atoms with van der Waals surface area (Å²) in [4.78, 5) is 0. The number of benzene rings is 2. The van der Waals surface area contributed by atoms with Crippen LogP contribution in [0.1, 0.15) is 24.5 Å². The van der Waals surface area contributed by atoms with Crippen molar-refractivity contribution in [2.75, 3.05) is 18.5 Å². The second-order valence-corrected chi connectivity index (χ2v) is 5.20.